The Bertz CT molecular complexity index is 1340. The van der Waals surface area contributed by atoms with E-state index >= 15 is 0 Å². The summed E-state index contributed by atoms with van der Waals surface area (Å²) in [6.45, 7) is 1.77. The van der Waals surface area contributed by atoms with E-state index in [1.165, 1.54) is 7.11 Å². The van der Waals surface area contributed by atoms with Crippen LogP contribution in [0.2, 0.25) is 5.02 Å². The van der Waals surface area contributed by atoms with Gasteiger partial charge in [-0.3, -0.25) is 4.79 Å². The highest BCUT2D eigenvalue weighted by atomic mass is 35.5. The number of esters is 1. The smallest absolute Gasteiger partial charge is 0.343 e. The maximum atomic E-state index is 12.6. The minimum absolute atomic E-state index is 0.248. The molecule has 4 rings (SSSR count). The van der Waals surface area contributed by atoms with E-state index in [1.807, 2.05) is 31.2 Å². The highest BCUT2D eigenvalue weighted by molar-refractivity contribution is 6.31. The van der Waals surface area contributed by atoms with Gasteiger partial charge in [0.05, 0.1) is 18.3 Å². The number of nitrogens with zero attached hydrogens (tertiary/aromatic N) is 1. The van der Waals surface area contributed by atoms with Crippen LogP contribution in [0.25, 0.3) is 22.2 Å². The minimum Gasteiger partial charge on any atom is -0.481 e. The summed E-state index contributed by atoms with van der Waals surface area (Å²) in [7, 11) is 1.30. The normalized spacial score (nSPS) is 10.6. The van der Waals surface area contributed by atoms with Gasteiger partial charge in [-0.25, -0.2) is 9.78 Å². The number of fused-ring (bicyclic) bond motifs is 1. The molecule has 0 aliphatic heterocycles. The fraction of sp³-hybridized carbons (Fsp3) is 0.115. The molecule has 1 heterocycles. The zero-order valence-electron chi connectivity index (χ0n) is 18.1. The van der Waals surface area contributed by atoms with Crippen molar-refractivity contribution in [1.29, 1.82) is 0 Å². The van der Waals surface area contributed by atoms with E-state index in [1.54, 1.807) is 48.5 Å². The number of pyridine rings is 1. The number of hydrogen-bond acceptors (Lipinski definition) is 5. The lowest BCUT2D eigenvalue weighted by atomic mass is 10.1. The van der Waals surface area contributed by atoms with Crippen molar-refractivity contribution in [1.82, 2.24) is 4.98 Å². The number of benzene rings is 3. The van der Waals surface area contributed by atoms with E-state index in [-0.39, 0.29) is 12.5 Å². The fourth-order valence-electron chi connectivity index (χ4n) is 3.29. The molecule has 166 valence electrons. The second kappa shape index (κ2) is 9.71. The zero-order chi connectivity index (χ0) is 23.4. The number of rotatable bonds is 6. The largest absolute Gasteiger partial charge is 0.481 e. The fourth-order valence-corrected chi connectivity index (χ4v) is 3.48. The van der Waals surface area contributed by atoms with Gasteiger partial charge in [-0.1, -0.05) is 47.5 Å². The van der Waals surface area contributed by atoms with Gasteiger partial charge in [-0.15, -0.1) is 0 Å². The van der Waals surface area contributed by atoms with Gasteiger partial charge in [0.15, 0.2) is 6.61 Å². The molecule has 1 N–H and O–H groups in total. The maximum absolute atomic E-state index is 12.6. The number of nitrogens with one attached hydrogen (secondary N) is 1. The number of aromatic nitrogens is 1. The first-order valence-electron chi connectivity index (χ1n) is 10.2. The molecule has 0 spiro atoms. The number of methoxy groups -OCH3 is 1. The van der Waals surface area contributed by atoms with E-state index < -0.39 is 5.97 Å². The van der Waals surface area contributed by atoms with Crippen molar-refractivity contribution < 1.29 is 19.1 Å². The van der Waals surface area contributed by atoms with Gasteiger partial charge in [-0.2, -0.15) is 0 Å². The number of carbonyl (C=O) groups excluding carboxylic acids is 2. The lowest BCUT2D eigenvalue weighted by Gasteiger charge is -2.13. The molecule has 4 aromatic rings. The predicted octanol–water partition coefficient (Wildman–Crippen LogP) is 5.67. The molecule has 0 bridgehead atoms. The van der Waals surface area contributed by atoms with Gasteiger partial charge in [0.1, 0.15) is 5.75 Å². The first kappa shape index (κ1) is 22.3. The summed E-state index contributed by atoms with van der Waals surface area (Å²) in [6, 6.07) is 21.8. The van der Waals surface area contributed by atoms with Crippen molar-refractivity contribution in [3.63, 3.8) is 0 Å². The number of anilines is 1. The highest BCUT2D eigenvalue weighted by Gasteiger charge is 2.13. The van der Waals surface area contributed by atoms with Gasteiger partial charge < -0.3 is 14.8 Å². The molecule has 0 unspecified atom stereocenters. The van der Waals surface area contributed by atoms with Gasteiger partial charge in [0.25, 0.3) is 5.91 Å². The van der Waals surface area contributed by atoms with Gasteiger partial charge in [0.2, 0.25) is 0 Å². The first-order valence-corrected chi connectivity index (χ1v) is 10.6. The average Bonchev–Trinajstić information content (AvgIpc) is 2.82. The molecule has 0 saturated carbocycles. The van der Waals surface area contributed by atoms with E-state index in [0.717, 1.165) is 11.1 Å². The van der Waals surface area contributed by atoms with Crippen LogP contribution in [-0.2, 0) is 9.53 Å². The molecule has 1 amide bonds. The van der Waals surface area contributed by atoms with Crippen LogP contribution in [0.15, 0.2) is 72.8 Å². The highest BCUT2D eigenvalue weighted by Crippen LogP contribution is 2.32. The molecule has 0 fully saturated rings. The van der Waals surface area contributed by atoms with Crippen molar-refractivity contribution in [2.45, 2.75) is 6.92 Å². The molecule has 0 saturated heterocycles. The number of amides is 1. The summed E-state index contributed by atoms with van der Waals surface area (Å²) in [6.07, 6.45) is 0. The van der Waals surface area contributed by atoms with Crippen LogP contribution in [0, 0.1) is 6.92 Å². The summed E-state index contributed by atoms with van der Waals surface area (Å²) in [4.78, 5) is 29.1. The Balaban J connectivity index is 1.72. The Morgan fingerprint density at radius 2 is 1.79 bits per heavy atom. The third kappa shape index (κ3) is 5.30. The quantitative estimate of drug-likeness (QED) is 0.375. The zero-order valence-corrected chi connectivity index (χ0v) is 18.8. The van der Waals surface area contributed by atoms with Crippen LogP contribution >= 0.6 is 11.6 Å². The number of aryl methyl sites for hydroxylation is 1. The summed E-state index contributed by atoms with van der Waals surface area (Å²) in [5.74, 6) is -0.333. The topological polar surface area (TPSA) is 77.5 Å². The van der Waals surface area contributed by atoms with E-state index in [4.69, 9.17) is 26.1 Å². The molecule has 3 aromatic carbocycles. The molecule has 33 heavy (non-hydrogen) atoms. The molecule has 7 heteroatoms. The van der Waals surface area contributed by atoms with E-state index in [9.17, 15) is 9.59 Å². The molecule has 0 atom stereocenters. The lowest BCUT2D eigenvalue weighted by molar-refractivity contribution is -0.142. The average molecular weight is 461 g/mol. The number of halogens is 1. The molecule has 1 aromatic heterocycles. The number of ether oxygens (including phenoxy) is 2. The number of carbonyl (C=O) groups is 2. The van der Waals surface area contributed by atoms with Gasteiger partial charge >= 0.3 is 5.97 Å². The lowest BCUT2D eigenvalue weighted by Crippen LogP contribution is -2.13. The third-order valence-electron chi connectivity index (χ3n) is 5.04. The van der Waals surface area contributed by atoms with Crippen LogP contribution in [0.1, 0.15) is 15.9 Å². The van der Waals surface area contributed by atoms with Crippen LogP contribution in [-0.4, -0.2) is 30.6 Å². The van der Waals surface area contributed by atoms with Crippen molar-refractivity contribution in [2.24, 2.45) is 0 Å². The van der Waals surface area contributed by atoms with E-state index in [2.05, 4.69) is 5.32 Å². The van der Waals surface area contributed by atoms with Crippen molar-refractivity contribution >= 4 is 40.1 Å². The molecule has 0 aliphatic carbocycles. The second-order valence-corrected chi connectivity index (χ2v) is 7.87. The molecular formula is C26H21ClN2O4. The SMILES string of the molecule is COC(=O)COc1cc(-c2ccc(C)cc2)nc2ccc(NC(=O)c3cccc(Cl)c3)cc12. The van der Waals surface area contributed by atoms with Crippen LogP contribution < -0.4 is 10.1 Å². The molecule has 0 aliphatic rings. The Morgan fingerprint density at radius 3 is 2.52 bits per heavy atom. The Labute approximate surface area is 196 Å². The van der Waals surface area contributed by atoms with Crippen LogP contribution in [0.4, 0.5) is 5.69 Å². The van der Waals surface area contributed by atoms with Crippen molar-refractivity contribution in [3.05, 3.63) is 88.9 Å². The minimum atomic E-state index is -0.498. The van der Waals surface area contributed by atoms with Crippen LogP contribution in [0.5, 0.6) is 5.75 Å². The molecule has 6 nitrogen and oxygen atoms in total. The summed E-state index contributed by atoms with van der Waals surface area (Å²) < 4.78 is 10.5. The first-order chi connectivity index (χ1) is 15.9. The molecule has 0 radical (unpaired) electrons. The summed E-state index contributed by atoms with van der Waals surface area (Å²) in [5.41, 5.74) is 4.43. The molecular weight excluding hydrogens is 440 g/mol. The monoisotopic (exact) mass is 460 g/mol. The van der Waals surface area contributed by atoms with Crippen LogP contribution in [0.3, 0.4) is 0 Å². The Morgan fingerprint density at radius 1 is 1.00 bits per heavy atom. The third-order valence-corrected chi connectivity index (χ3v) is 5.27. The second-order valence-electron chi connectivity index (χ2n) is 7.43. The van der Waals surface area contributed by atoms with Gasteiger partial charge in [-0.05, 0) is 43.3 Å². The standard InChI is InChI=1S/C26H21ClN2O4/c1-16-6-8-17(9-7-16)23-14-24(33-15-25(30)32-2)21-13-20(10-11-22(21)29-23)28-26(31)18-4-3-5-19(27)12-18/h3-14H,15H2,1-2H3,(H,28,31). The Hall–Kier alpha value is -3.90. The maximum Gasteiger partial charge on any atom is 0.343 e. The summed E-state index contributed by atoms with van der Waals surface area (Å²) in [5, 5.41) is 3.99. The van der Waals surface area contributed by atoms with Gasteiger partial charge in [0, 0.05) is 33.3 Å². The number of hydrogen-bond donors (Lipinski definition) is 1. The van der Waals surface area contributed by atoms with E-state index in [0.29, 0.717) is 38.6 Å². The van der Waals surface area contributed by atoms with Crippen molar-refractivity contribution in [2.75, 3.05) is 19.0 Å². The Kier molecular flexibility index (Phi) is 6.56. The predicted molar refractivity (Wildman–Crippen MR) is 129 cm³/mol. The van der Waals surface area contributed by atoms with Crippen molar-refractivity contribution in [3.8, 4) is 17.0 Å². The summed E-state index contributed by atoms with van der Waals surface area (Å²) >= 11 is 5.99.